The van der Waals surface area contributed by atoms with Crippen molar-refractivity contribution in [1.82, 2.24) is 4.72 Å². The first-order valence-corrected chi connectivity index (χ1v) is 8.79. The predicted molar refractivity (Wildman–Crippen MR) is 79.3 cm³/mol. The molecule has 1 atom stereocenters. The minimum Gasteiger partial charge on any atom is -0.208 e. The molecule has 18 heavy (non-hydrogen) atoms. The maximum atomic E-state index is 12.1. The van der Waals surface area contributed by atoms with E-state index >= 15 is 0 Å². The molecule has 3 nitrogen and oxygen atoms in total. The first kappa shape index (κ1) is 16.2. The van der Waals surface area contributed by atoms with E-state index in [0.29, 0.717) is 10.0 Å². The SMILES string of the molecule is CCC(CCBr)NS(=O)(=O)c1cc(Cl)cc(Cl)c1. The summed E-state index contributed by atoms with van der Waals surface area (Å²) in [5.74, 6) is 0. The second-order valence-electron chi connectivity index (χ2n) is 3.81. The van der Waals surface area contributed by atoms with Crippen molar-refractivity contribution in [3.63, 3.8) is 0 Å². The van der Waals surface area contributed by atoms with E-state index in [9.17, 15) is 8.42 Å². The third-order valence-corrected chi connectivity index (χ3v) is 4.81. The summed E-state index contributed by atoms with van der Waals surface area (Å²) < 4.78 is 26.9. The Balaban J connectivity index is 2.98. The number of sulfonamides is 1. The number of hydrogen-bond donors (Lipinski definition) is 1. The van der Waals surface area contributed by atoms with Crippen molar-refractivity contribution < 1.29 is 8.42 Å². The minimum absolute atomic E-state index is 0.0908. The molecule has 0 saturated heterocycles. The Morgan fingerprint density at radius 3 is 2.28 bits per heavy atom. The summed E-state index contributed by atoms with van der Waals surface area (Å²) in [7, 11) is -3.58. The topological polar surface area (TPSA) is 46.2 Å². The van der Waals surface area contributed by atoms with Crippen LogP contribution in [0, 0.1) is 0 Å². The van der Waals surface area contributed by atoms with Crippen molar-refractivity contribution in [1.29, 1.82) is 0 Å². The van der Waals surface area contributed by atoms with Crippen LogP contribution in [0.3, 0.4) is 0 Å². The fourth-order valence-corrected chi connectivity index (χ4v) is 4.08. The molecular formula is C11H14BrCl2NO2S. The molecule has 0 aliphatic rings. The molecule has 0 bridgehead atoms. The summed E-state index contributed by atoms with van der Waals surface area (Å²) in [6.45, 7) is 1.93. The first-order valence-electron chi connectivity index (χ1n) is 5.43. The number of alkyl halides is 1. The Labute approximate surface area is 126 Å². The fourth-order valence-electron chi connectivity index (χ4n) is 1.45. The summed E-state index contributed by atoms with van der Waals surface area (Å²) in [6, 6.07) is 4.16. The standard InChI is InChI=1S/C11H14BrCl2NO2S/c1-2-10(3-4-12)15-18(16,17)11-6-8(13)5-9(14)7-11/h5-7,10,15H,2-4H2,1H3. The number of nitrogens with one attached hydrogen (secondary N) is 1. The van der Waals surface area contributed by atoms with E-state index in [1.54, 1.807) is 0 Å². The van der Waals surface area contributed by atoms with E-state index < -0.39 is 10.0 Å². The van der Waals surface area contributed by atoms with Gasteiger partial charge in [0.1, 0.15) is 0 Å². The van der Waals surface area contributed by atoms with Gasteiger partial charge in [-0.1, -0.05) is 46.1 Å². The molecular weight excluding hydrogens is 361 g/mol. The van der Waals surface area contributed by atoms with Crippen LogP contribution in [0.1, 0.15) is 19.8 Å². The molecule has 0 spiro atoms. The van der Waals surface area contributed by atoms with Gasteiger partial charge in [0.2, 0.25) is 10.0 Å². The van der Waals surface area contributed by atoms with Crippen LogP contribution >= 0.6 is 39.1 Å². The molecule has 0 fully saturated rings. The molecule has 1 rings (SSSR count). The Morgan fingerprint density at radius 2 is 1.83 bits per heavy atom. The second-order valence-corrected chi connectivity index (χ2v) is 7.19. The second kappa shape index (κ2) is 7.10. The first-order chi connectivity index (χ1) is 8.39. The lowest BCUT2D eigenvalue weighted by Crippen LogP contribution is -2.34. The highest BCUT2D eigenvalue weighted by molar-refractivity contribution is 9.09. The molecule has 1 N–H and O–H groups in total. The lowest BCUT2D eigenvalue weighted by atomic mass is 10.2. The van der Waals surface area contributed by atoms with Gasteiger partial charge in [0.15, 0.2) is 0 Å². The van der Waals surface area contributed by atoms with Crippen LogP contribution in [0.5, 0.6) is 0 Å². The van der Waals surface area contributed by atoms with E-state index in [2.05, 4.69) is 20.7 Å². The normalized spacial score (nSPS) is 13.6. The highest BCUT2D eigenvalue weighted by Crippen LogP contribution is 2.22. The number of benzene rings is 1. The van der Waals surface area contributed by atoms with Gasteiger partial charge in [-0.05, 0) is 31.0 Å². The third-order valence-electron chi connectivity index (χ3n) is 2.42. The van der Waals surface area contributed by atoms with Gasteiger partial charge in [0.05, 0.1) is 4.90 Å². The largest absolute Gasteiger partial charge is 0.240 e. The van der Waals surface area contributed by atoms with Gasteiger partial charge in [-0.25, -0.2) is 13.1 Å². The van der Waals surface area contributed by atoms with Crippen molar-refractivity contribution in [2.75, 3.05) is 5.33 Å². The van der Waals surface area contributed by atoms with Crippen molar-refractivity contribution in [2.24, 2.45) is 0 Å². The molecule has 102 valence electrons. The van der Waals surface area contributed by atoms with Gasteiger partial charge in [0.25, 0.3) is 0 Å². The maximum Gasteiger partial charge on any atom is 0.240 e. The lowest BCUT2D eigenvalue weighted by Gasteiger charge is -2.16. The van der Waals surface area contributed by atoms with Gasteiger partial charge >= 0.3 is 0 Å². The van der Waals surface area contributed by atoms with Gasteiger partial charge in [-0.3, -0.25) is 0 Å². The zero-order chi connectivity index (χ0) is 13.8. The smallest absolute Gasteiger partial charge is 0.208 e. The predicted octanol–water partition coefficient (Wildman–Crippen LogP) is 3.84. The monoisotopic (exact) mass is 373 g/mol. The summed E-state index contributed by atoms with van der Waals surface area (Å²) >= 11 is 14.9. The summed E-state index contributed by atoms with van der Waals surface area (Å²) in [4.78, 5) is 0.0908. The van der Waals surface area contributed by atoms with E-state index in [1.807, 2.05) is 6.92 Å². The van der Waals surface area contributed by atoms with E-state index in [-0.39, 0.29) is 10.9 Å². The summed E-state index contributed by atoms with van der Waals surface area (Å²) in [6.07, 6.45) is 1.45. The number of hydrogen-bond acceptors (Lipinski definition) is 2. The molecule has 1 aromatic carbocycles. The van der Waals surface area contributed by atoms with Gasteiger partial charge < -0.3 is 0 Å². The number of halogens is 3. The van der Waals surface area contributed by atoms with Gasteiger partial charge in [0, 0.05) is 21.4 Å². The average molecular weight is 375 g/mol. The minimum atomic E-state index is -3.58. The average Bonchev–Trinajstić information content (AvgIpc) is 2.27. The fraction of sp³-hybridized carbons (Fsp3) is 0.455. The Kier molecular flexibility index (Phi) is 6.41. The zero-order valence-electron chi connectivity index (χ0n) is 9.79. The molecule has 0 radical (unpaired) electrons. The van der Waals surface area contributed by atoms with E-state index in [1.165, 1.54) is 18.2 Å². The van der Waals surface area contributed by atoms with Gasteiger partial charge in [-0.2, -0.15) is 0 Å². The molecule has 1 unspecified atom stereocenters. The van der Waals surface area contributed by atoms with E-state index in [4.69, 9.17) is 23.2 Å². The lowest BCUT2D eigenvalue weighted by molar-refractivity contribution is 0.533. The molecule has 7 heteroatoms. The Hall–Kier alpha value is 0.190. The van der Waals surface area contributed by atoms with Crippen LogP contribution in [0.15, 0.2) is 23.1 Å². The van der Waals surface area contributed by atoms with Crippen molar-refractivity contribution in [3.8, 4) is 0 Å². The highest BCUT2D eigenvalue weighted by Gasteiger charge is 2.19. The molecule has 0 heterocycles. The molecule has 1 aromatic rings. The van der Waals surface area contributed by atoms with Crippen molar-refractivity contribution in [2.45, 2.75) is 30.7 Å². The summed E-state index contributed by atoms with van der Waals surface area (Å²) in [5.41, 5.74) is 0. The molecule has 0 aromatic heterocycles. The Morgan fingerprint density at radius 1 is 1.28 bits per heavy atom. The number of rotatable bonds is 6. The van der Waals surface area contributed by atoms with E-state index in [0.717, 1.165) is 18.2 Å². The molecule has 0 aliphatic carbocycles. The highest BCUT2D eigenvalue weighted by atomic mass is 79.9. The van der Waals surface area contributed by atoms with Crippen LogP contribution in [0.2, 0.25) is 10.0 Å². The summed E-state index contributed by atoms with van der Waals surface area (Å²) in [5, 5.41) is 1.34. The quantitative estimate of drug-likeness (QED) is 0.769. The molecule has 0 aliphatic heterocycles. The van der Waals surface area contributed by atoms with Crippen molar-refractivity contribution >= 4 is 49.2 Å². The van der Waals surface area contributed by atoms with Crippen LogP contribution in [0.25, 0.3) is 0 Å². The van der Waals surface area contributed by atoms with Crippen LogP contribution < -0.4 is 4.72 Å². The van der Waals surface area contributed by atoms with Crippen LogP contribution in [-0.2, 0) is 10.0 Å². The van der Waals surface area contributed by atoms with Crippen LogP contribution in [-0.4, -0.2) is 19.8 Å². The Bertz CT molecular complexity index is 488. The molecule has 0 saturated carbocycles. The third kappa shape index (κ3) is 4.70. The maximum absolute atomic E-state index is 12.1. The van der Waals surface area contributed by atoms with Crippen molar-refractivity contribution in [3.05, 3.63) is 28.2 Å². The van der Waals surface area contributed by atoms with Gasteiger partial charge in [-0.15, -0.1) is 0 Å². The molecule has 0 amide bonds. The van der Waals surface area contributed by atoms with Crippen LogP contribution in [0.4, 0.5) is 0 Å². The zero-order valence-corrected chi connectivity index (χ0v) is 13.7.